The zero-order valence-corrected chi connectivity index (χ0v) is 17.0. The third-order valence-electron chi connectivity index (χ3n) is 5.27. The lowest BCUT2D eigenvalue weighted by Crippen LogP contribution is -2.34. The molecule has 3 aromatic rings. The highest BCUT2D eigenvalue weighted by Gasteiger charge is 2.28. The van der Waals surface area contributed by atoms with E-state index in [-0.39, 0.29) is 18.1 Å². The summed E-state index contributed by atoms with van der Waals surface area (Å²) >= 11 is 12.4. The predicted molar refractivity (Wildman–Crippen MR) is 109 cm³/mol. The summed E-state index contributed by atoms with van der Waals surface area (Å²) in [6, 6.07) is 9.54. The second-order valence-electron chi connectivity index (χ2n) is 7.13. The summed E-state index contributed by atoms with van der Waals surface area (Å²) in [7, 11) is 0. The molecule has 1 atom stereocenters. The van der Waals surface area contributed by atoms with Crippen LogP contribution in [0.15, 0.2) is 36.4 Å². The number of carbonyl (C=O) groups is 1. The number of benzene rings is 2. The van der Waals surface area contributed by atoms with Crippen molar-refractivity contribution in [1.82, 2.24) is 14.5 Å². The maximum Gasteiger partial charge on any atom is 0.245 e. The molecule has 1 unspecified atom stereocenters. The molecule has 0 aliphatic carbocycles. The van der Waals surface area contributed by atoms with Gasteiger partial charge in [-0.3, -0.25) is 4.79 Å². The summed E-state index contributed by atoms with van der Waals surface area (Å²) < 4.78 is 16.1. The van der Waals surface area contributed by atoms with Crippen molar-refractivity contribution in [2.45, 2.75) is 32.2 Å². The summed E-state index contributed by atoms with van der Waals surface area (Å²) in [5, 5.41) is 0.795. The first-order chi connectivity index (χ1) is 13.5. The third-order valence-corrected chi connectivity index (χ3v) is 6.00. The van der Waals surface area contributed by atoms with Gasteiger partial charge in [-0.15, -0.1) is 0 Å². The molecule has 146 valence electrons. The highest BCUT2D eigenvalue weighted by atomic mass is 35.5. The molecule has 2 aromatic carbocycles. The quantitative estimate of drug-likeness (QED) is 0.578. The van der Waals surface area contributed by atoms with Gasteiger partial charge >= 0.3 is 0 Å². The summed E-state index contributed by atoms with van der Waals surface area (Å²) in [5.41, 5.74) is 1.89. The molecule has 0 bridgehead atoms. The van der Waals surface area contributed by atoms with E-state index in [4.69, 9.17) is 23.2 Å². The van der Waals surface area contributed by atoms with Gasteiger partial charge in [-0.2, -0.15) is 0 Å². The molecule has 1 aromatic heterocycles. The maximum atomic E-state index is 14.2. The number of hydrogen-bond donors (Lipinski definition) is 0. The van der Waals surface area contributed by atoms with Crippen LogP contribution in [0.3, 0.4) is 0 Å². The van der Waals surface area contributed by atoms with Crippen molar-refractivity contribution >= 4 is 40.1 Å². The van der Waals surface area contributed by atoms with Gasteiger partial charge in [-0.25, -0.2) is 9.37 Å². The fraction of sp³-hybridized carbons (Fsp3) is 0.333. The number of likely N-dealkylation sites (tertiary alicyclic amines) is 1. The average molecular weight is 420 g/mol. The zero-order valence-electron chi connectivity index (χ0n) is 15.5. The highest BCUT2D eigenvalue weighted by Crippen LogP contribution is 2.32. The normalized spacial score (nSPS) is 15.4. The molecule has 1 saturated heterocycles. The SMILES string of the molecule is CC(C(=O)N1CCCC1)n1c(Cc2ccccc2F)nc2cc(Cl)c(Cl)cc21. The molecule has 1 aliphatic heterocycles. The topological polar surface area (TPSA) is 38.1 Å². The Morgan fingerprint density at radius 2 is 1.86 bits per heavy atom. The first kappa shape index (κ1) is 19.2. The lowest BCUT2D eigenvalue weighted by Gasteiger charge is -2.23. The Labute approximate surface area is 172 Å². The minimum Gasteiger partial charge on any atom is -0.341 e. The molecule has 1 aliphatic rings. The minimum absolute atomic E-state index is 0.0395. The van der Waals surface area contributed by atoms with Crippen LogP contribution in [0.2, 0.25) is 10.0 Å². The van der Waals surface area contributed by atoms with E-state index in [0.29, 0.717) is 26.9 Å². The molecule has 7 heteroatoms. The standard InChI is InChI=1S/C21H20Cl2FN3O/c1-13(21(28)26-8-4-5-9-26)27-19-12-16(23)15(22)11-18(19)25-20(27)10-14-6-2-3-7-17(14)24/h2-3,6-7,11-13H,4-5,8-10H2,1H3. The monoisotopic (exact) mass is 419 g/mol. The van der Waals surface area contributed by atoms with Gasteiger partial charge in [0.25, 0.3) is 0 Å². The molecule has 0 spiro atoms. The van der Waals surface area contributed by atoms with Gasteiger partial charge in [0.1, 0.15) is 17.7 Å². The molecular formula is C21H20Cl2FN3O. The van der Waals surface area contributed by atoms with Crippen molar-refractivity contribution in [2.75, 3.05) is 13.1 Å². The van der Waals surface area contributed by atoms with Crippen molar-refractivity contribution in [3.63, 3.8) is 0 Å². The number of imidazole rings is 1. The number of aromatic nitrogens is 2. The molecule has 1 amide bonds. The lowest BCUT2D eigenvalue weighted by molar-refractivity contribution is -0.133. The number of amides is 1. The summed E-state index contributed by atoms with van der Waals surface area (Å²) in [5.74, 6) is 0.354. The first-order valence-electron chi connectivity index (χ1n) is 9.33. The van der Waals surface area contributed by atoms with E-state index in [9.17, 15) is 9.18 Å². The van der Waals surface area contributed by atoms with Crippen LogP contribution in [-0.2, 0) is 11.2 Å². The van der Waals surface area contributed by atoms with Crippen LogP contribution < -0.4 is 0 Å². The average Bonchev–Trinajstić information content (AvgIpc) is 3.31. The summed E-state index contributed by atoms with van der Waals surface area (Å²) in [4.78, 5) is 19.6. The van der Waals surface area contributed by atoms with Crippen LogP contribution >= 0.6 is 23.2 Å². The van der Waals surface area contributed by atoms with E-state index >= 15 is 0 Å². The van der Waals surface area contributed by atoms with Crippen molar-refractivity contribution in [1.29, 1.82) is 0 Å². The Morgan fingerprint density at radius 3 is 2.57 bits per heavy atom. The van der Waals surface area contributed by atoms with Gasteiger partial charge in [0.15, 0.2) is 0 Å². The minimum atomic E-state index is -0.470. The molecule has 0 radical (unpaired) electrons. The van der Waals surface area contributed by atoms with E-state index in [1.807, 2.05) is 16.4 Å². The van der Waals surface area contributed by atoms with Crippen molar-refractivity contribution in [3.8, 4) is 0 Å². The van der Waals surface area contributed by atoms with E-state index in [0.717, 1.165) is 31.4 Å². The first-order valence-corrected chi connectivity index (χ1v) is 10.1. The second-order valence-corrected chi connectivity index (χ2v) is 7.94. The second kappa shape index (κ2) is 7.72. The lowest BCUT2D eigenvalue weighted by atomic mass is 10.1. The maximum absolute atomic E-state index is 14.2. The van der Waals surface area contributed by atoms with Crippen molar-refractivity contribution < 1.29 is 9.18 Å². The summed E-state index contributed by atoms with van der Waals surface area (Å²) in [6.45, 7) is 3.39. The fourth-order valence-electron chi connectivity index (χ4n) is 3.82. The molecule has 4 rings (SSSR count). The van der Waals surface area contributed by atoms with E-state index in [2.05, 4.69) is 4.98 Å². The van der Waals surface area contributed by atoms with Crippen LogP contribution in [0.5, 0.6) is 0 Å². The van der Waals surface area contributed by atoms with E-state index in [1.165, 1.54) is 6.07 Å². The van der Waals surface area contributed by atoms with Gasteiger partial charge in [0.2, 0.25) is 5.91 Å². The van der Waals surface area contributed by atoms with Crippen molar-refractivity contribution in [3.05, 3.63) is 63.6 Å². The molecule has 0 N–H and O–H groups in total. The number of hydrogen-bond acceptors (Lipinski definition) is 2. The summed E-state index contributed by atoms with van der Waals surface area (Å²) in [6.07, 6.45) is 2.31. The van der Waals surface area contributed by atoms with Gasteiger partial charge in [-0.1, -0.05) is 41.4 Å². The Balaban J connectivity index is 1.82. The fourth-order valence-corrected chi connectivity index (χ4v) is 4.14. The van der Waals surface area contributed by atoms with Crippen molar-refractivity contribution in [2.24, 2.45) is 0 Å². The predicted octanol–water partition coefficient (Wildman–Crippen LogP) is 5.26. The Kier molecular flexibility index (Phi) is 5.30. The van der Waals surface area contributed by atoms with E-state index in [1.54, 1.807) is 30.3 Å². The smallest absolute Gasteiger partial charge is 0.245 e. The number of nitrogens with zero attached hydrogens (tertiary/aromatic N) is 3. The highest BCUT2D eigenvalue weighted by molar-refractivity contribution is 6.42. The zero-order chi connectivity index (χ0) is 19.8. The molecule has 2 heterocycles. The third kappa shape index (κ3) is 3.49. The van der Waals surface area contributed by atoms with Gasteiger partial charge in [-0.05, 0) is 43.5 Å². The van der Waals surface area contributed by atoms with Crippen LogP contribution in [0.25, 0.3) is 11.0 Å². The van der Waals surface area contributed by atoms with Crippen LogP contribution in [-0.4, -0.2) is 33.4 Å². The molecule has 0 saturated carbocycles. The Hall–Kier alpha value is -2.11. The number of rotatable bonds is 4. The molecular weight excluding hydrogens is 400 g/mol. The van der Waals surface area contributed by atoms with E-state index < -0.39 is 6.04 Å². The molecule has 28 heavy (non-hydrogen) atoms. The largest absolute Gasteiger partial charge is 0.341 e. The molecule has 4 nitrogen and oxygen atoms in total. The number of carbonyl (C=O) groups excluding carboxylic acids is 1. The van der Waals surface area contributed by atoms with Crippen LogP contribution in [0, 0.1) is 5.82 Å². The Bertz CT molecular complexity index is 1040. The van der Waals surface area contributed by atoms with Gasteiger partial charge in [0, 0.05) is 19.5 Å². The molecule has 1 fully saturated rings. The Morgan fingerprint density at radius 1 is 1.18 bits per heavy atom. The van der Waals surface area contributed by atoms with Gasteiger partial charge in [0.05, 0.1) is 21.1 Å². The number of halogens is 3. The van der Waals surface area contributed by atoms with Gasteiger partial charge < -0.3 is 9.47 Å². The van der Waals surface area contributed by atoms with Crippen LogP contribution in [0.4, 0.5) is 4.39 Å². The van der Waals surface area contributed by atoms with Crippen LogP contribution in [0.1, 0.15) is 37.2 Å². The number of fused-ring (bicyclic) bond motifs is 1.